The molecule has 1 saturated heterocycles. The fourth-order valence-corrected chi connectivity index (χ4v) is 10.2. The quantitative estimate of drug-likeness (QED) is 0.117. The molecule has 7 atom stereocenters. The lowest BCUT2D eigenvalue weighted by molar-refractivity contribution is -0.143. The van der Waals surface area contributed by atoms with E-state index in [9.17, 15) is 14.7 Å². The van der Waals surface area contributed by atoms with Gasteiger partial charge in [-0.15, -0.1) is 0 Å². The Labute approximate surface area is 297 Å². The number of amides is 1. The van der Waals surface area contributed by atoms with Crippen LogP contribution in [0.1, 0.15) is 87.0 Å². The van der Waals surface area contributed by atoms with Crippen molar-refractivity contribution in [3.8, 4) is 11.5 Å². The maximum absolute atomic E-state index is 14.4. The molecule has 7 nitrogen and oxygen atoms in total. The van der Waals surface area contributed by atoms with E-state index in [0.717, 1.165) is 89.5 Å². The second-order valence-electron chi connectivity index (χ2n) is 15.7. The zero-order valence-electron chi connectivity index (χ0n) is 29.5. The average Bonchev–Trinajstić information content (AvgIpc) is 3.70. The minimum Gasteiger partial charge on any atom is -0.483 e. The molecule has 2 unspecified atom stereocenters. The predicted octanol–water partition coefficient (Wildman–Crippen LogP) is 6.67. The highest BCUT2D eigenvalue weighted by atomic mass is 16.6. The van der Waals surface area contributed by atoms with Crippen LogP contribution in [0.15, 0.2) is 72.8 Å². The SMILES string of the molecule is CC(=O)Oc1ccc2c3c1O[C@H]1[C@H](N(CCCc4ccccc4)C(=O)CCCCCc4ccccc4)CC[C@H]4[C@@H](C2)N(CC2CC2O)CC[C@@]341. The molecule has 264 valence electrons. The zero-order valence-corrected chi connectivity index (χ0v) is 29.5. The molecular formula is C43H52N2O5. The lowest BCUT2D eigenvalue weighted by Crippen LogP contribution is -2.69. The highest BCUT2D eigenvalue weighted by Crippen LogP contribution is 2.64. The maximum Gasteiger partial charge on any atom is 0.308 e. The Morgan fingerprint density at radius 3 is 2.36 bits per heavy atom. The molecule has 7 heteroatoms. The number of aliphatic hydroxyl groups is 1. The first-order valence-corrected chi connectivity index (χ1v) is 19.2. The van der Waals surface area contributed by atoms with E-state index >= 15 is 0 Å². The Bertz CT molecular complexity index is 1680. The van der Waals surface area contributed by atoms with Gasteiger partial charge in [0, 0.05) is 49.4 Å². The number of unbranched alkanes of at least 4 members (excludes halogenated alkanes) is 2. The lowest BCUT2D eigenvalue weighted by atomic mass is 9.51. The van der Waals surface area contributed by atoms with Gasteiger partial charge in [0.2, 0.25) is 5.91 Å². The van der Waals surface area contributed by atoms with Crippen LogP contribution < -0.4 is 9.47 Å². The molecule has 3 aromatic carbocycles. The van der Waals surface area contributed by atoms with Gasteiger partial charge >= 0.3 is 5.97 Å². The fraction of sp³-hybridized carbons (Fsp3) is 0.535. The number of ether oxygens (including phenoxy) is 2. The van der Waals surface area contributed by atoms with Crippen LogP contribution >= 0.6 is 0 Å². The van der Waals surface area contributed by atoms with Crippen molar-refractivity contribution >= 4 is 11.9 Å². The van der Waals surface area contributed by atoms with Gasteiger partial charge < -0.3 is 19.5 Å². The summed E-state index contributed by atoms with van der Waals surface area (Å²) >= 11 is 0. The number of aliphatic hydroxyl groups excluding tert-OH is 1. The number of nitrogens with zero attached hydrogens (tertiary/aromatic N) is 2. The van der Waals surface area contributed by atoms with Crippen molar-refractivity contribution in [2.75, 3.05) is 19.6 Å². The third-order valence-electron chi connectivity index (χ3n) is 12.6. The van der Waals surface area contributed by atoms with Gasteiger partial charge in [0.1, 0.15) is 6.10 Å². The Balaban J connectivity index is 1.06. The predicted molar refractivity (Wildman–Crippen MR) is 193 cm³/mol. The molecule has 2 bridgehead atoms. The van der Waals surface area contributed by atoms with Crippen LogP contribution in [0.2, 0.25) is 0 Å². The number of hydrogen-bond acceptors (Lipinski definition) is 6. The van der Waals surface area contributed by atoms with E-state index in [4.69, 9.17) is 9.47 Å². The maximum atomic E-state index is 14.4. The summed E-state index contributed by atoms with van der Waals surface area (Å²) in [6.07, 6.45) is 10.8. The molecule has 3 fully saturated rings. The molecule has 0 aromatic heterocycles. The van der Waals surface area contributed by atoms with E-state index in [0.29, 0.717) is 36.6 Å². The Hall–Kier alpha value is -3.68. The molecular weight excluding hydrogens is 624 g/mol. The molecule has 1 amide bonds. The Kier molecular flexibility index (Phi) is 9.47. The smallest absolute Gasteiger partial charge is 0.308 e. The van der Waals surface area contributed by atoms with Crippen LogP contribution in [-0.4, -0.2) is 70.7 Å². The van der Waals surface area contributed by atoms with E-state index in [1.54, 1.807) is 0 Å². The number of hydrogen-bond donors (Lipinski definition) is 1. The molecule has 3 aliphatic carbocycles. The van der Waals surface area contributed by atoms with Crippen LogP contribution in [0, 0.1) is 11.8 Å². The topological polar surface area (TPSA) is 79.3 Å². The molecule has 0 radical (unpaired) electrons. The van der Waals surface area contributed by atoms with E-state index in [1.165, 1.54) is 29.2 Å². The largest absolute Gasteiger partial charge is 0.483 e. The van der Waals surface area contributed by atoms with Crippen molar-refractivity contribution in [2.24, 2.45) is 11.8 Å². The second-order valence-corrected chi connectivity index (χ2v) is 15.7. The Morgan fingerprint density at radius 2 is 1.66 bits per heavy atom. The minimum absolute atomic E-state index is 0.0418. The summed E-state index contributed by atoms with van der Waals surface area (Å²) in [5.41, 5.74) is 4.97. The monoisotopic (exact) mass is 676 g/mol. The van der Waals surface area contributed by atoms with Crippen molar-refractivity contribution in [2.45, 2.75) is 114 Å². The third-order valence-corrected chi connectivity index (χ3v) is 12.6. The highest BCUT2D eigenvalue weighted by Gasteiger charge is 2.67. The number of rotatable bonds is 14. The highest BCUT2D eigenvalue weighted by molar-refractivity contribution is 5.77. The summed E-state index contributed by atoms with van der Waals surface area (Å²) in [7, 11) is 0. The summed E-state index contributed by atoms with van der Waals surface area (Å²) in [4.78, 5) is 31.5. The van der Waals surface area contributed by atoms with Crippen LogP contribution in [0.4, 0.5) is 0 Å². The van der Waals surface area contributed by atoms with Gasteiger partial charge in [0.25, 0.3) is 0 Å². The van der Waals surface area contributed by atoms with Gasteiger partial charge in [-0.3, -0.25) is 14.5 Å². The number of carbonyl (C=O) groups excluding carboxylic acids is 2. The van der Waals surface area contributed by atoms with Crippen molar-refractivity contribution in [3.63, 3.8) is 0 Å². The van der Waals surface area contributed by atoms with Gasteiger partial charge in [-0.25, -0.2) is 0 Å². The lowest BCUT2D eigenvalue weighted by Gasteiger charge is -2.60. The molecule has 1 spiro atoms. The molecule has 50 heavy (non-hydrogen) atoms. The first-order chi connectivity index (χ1) is 24.4. The number of esters is 1. The number of piperidine rings is 1. The number of carbonyl (C=O) groups is 2. The summed E-state index contributed by atoms with van der Waals surface area (Å²) in [6.45, 7) is 4.07. The fourth-order valence-electron chi connectivity index (χ4n) is 10.2. The van der Waals surface area contributed by atoms with Gasteiger partial charge in [-0.05, 0) is 99.4 Å². The normalized spacial score (nSPS) is 28.8. The summed E-state index contributed by atoms with van der Waals surface area (Å²) < 4.78 is 12.9. The molecule has 2 heterocycles. The molecule has 3 aromatic rings. The van der Waals surface area contributed by atoms with Crippen LogP contribution in [0.5, 0.6) is 11.5 Å². The molecule has 5 aliphatic rings. The summed E-state index contributed by atoms with van der Waals surface area (Å²) in [5.74, 6) is 1.92. The minimum atomic E-state index is -0.346. The van der Waals surface area contributed by atoms with Crippen molar-refractivity contribution < 1.29 is 24.2 Å². The van der Waals surface area contributed by atoms with Crippen LogP contribution in [0.3, 0.4) is 0 Å². The number of aryl methyl sites for hydroxylation is 2. The molecule has 1 N–H and O–H groups in total. The van der Waals surface area contributed by atoms with Gasteiger partial charge in [0.05, 0.1) is 12.1 Å². The third kappa shape index (κ3) is 6.36. The standard InChI is InChI=1S/C43H52N2O5/c1-29(46)49-38-22-19-32-26-36-34-20-21-35(42-43(34,40(32)41(38)50-42)23-25-44(36)28-33-27-37(33)47)45(24-11-17-31-15-7-3-8-16-31)39(48)18-10-4-9-14-30-12-5-2-6-13-30/h2-3,5-8,12-13,15-16,19,22,33-37,42,47H,4,9-11,14,17-18,20-21,23-28H2,1H3/t33?,34-,35+,36+,37?,42-,43-/m0/s1. The van der Waals surface area contributed by atoms with Crippen molar-refractivity contribution in [3.05, 3.63) is 95.1 Å². The first-order valence-electron chi connectivity index (χ1n) is 19.2. The van der Waals surface area contributed by atoms with Crippen molar-refractivity contribution in [1.29, 1.82) is 0 Å². The van der Waals surface area contributed by atoms with E-state index < -0.39 is 0 Å². The molecule has 2 aliphatic heterocycles. The average molecular weight is 677 g/mol. The van der Waals surface area contributed by atoms with Crippen molar-refractivity contribution in [1.82, 2.24) is 9.80 Å². The summed E-state index contributed by atoms with van der Waals surface area (Å²) in [6, 6.07) is 25.6. The first kappa shape index (κ1) is 33.5. The summed E-state index contributed by atoms with van der Waals surface area (Å²) in [5, 5.41) is 10.2. The molecule has 8 rings (SSSR count). The van der Waals surface area contributed by atoms with Gasteiger partial charge in [-0.1, -0.05) is 73.2 Å². The second kappa shape index (κ2) is 14.1. The zero-order chi connectivity index (χ0) is 34.2. The van der Waals surface area contributed by atoms with Gasteiger partial charge in [0.15, 0.2) is 11.5 Å². The van der Waals surface area contributed by atoms with E-state index in [-0.39, 0.29) is 35.5 Å². The number of likely N-dealkylation sites (tertiary alicyclic amines) is 1. The Morgan fingerprint density at radius 1 is 0.940 bits per heavy atom. The molecule has 2 saturated carbocycles. The van der Waals surface area contributed by atoms with E-state index in [1.807, 2.05) is 6.07 Å². The van der Waals surface area contributed by atoms with Crippen LogP contribution in [-0.2, 0) is 34.3 Å². The van der Waals surface area contributed by atoms with Crippen LogP contribution in [0.25, 0.3) is 0 Å². The van der Waals surface area contributed by atoms with E-state index in [2.05, 4.69) is 76.5 Å². The van der Waals surface area contributed by atoms with Gasteiger partial charge in [-0.2, -0.15) is 0 Å². The number of benzene rings is 3.